The smallest absolute Gasteiger partial charge is 0.271 e. The maximum Gasteiger partial charge on any atom is 0.271 e. The first-order valence-corrected chi connectivity index (χ1v) is 9.17. The van der Waals surface area contributed by atoms with Crippen LogP contribution in [0.5, 0.6) is 5.75 Å². The third kappa shape index (κ3) is 5.57. The van der Waals surface area contributed by atoms with Crippen LogP contribution >= 0.6 is 23.2 Å². The Balaban J connectivity index is 1.67. The highest BCUT2D eigenvalue weighted by Gasteiger charge is 2.09. The van der Waals surface area contributed by atoms with Crippen molar-refractivity contribution in [2.75, 3.05) is 5.32 Å². The van der Waals surface area contributed by atoms with E-state index in [1.807, 2.05) is 0 Å². The van der Waals surface area contributed by atoms with Gasteiger partial charge in [0.2, 0.25) is 0 Å². The summed E-state index contributed by atoms with van der Waals surface area (Å²) in [6.45, 7) is 0. The minimum absolute atomic E-state index is 0.0156. The Morgan fingerprint density at radius 3 is 2.31 bits per heavy atom. The van der Waals surface area contributed by atoms with Gasteiger partial charge in [0.15, 0.2) is 0 Å². The summed E-state index contributed by atoms with van der Waals surface area (Å²) in [6, 6.07) is 17.4. The van der Waals surface area contributed by atoms with Crippen molar-refractivity contribution in [2.24, 2.45) is 5.10 Å². The van der Waals surface area contributed by atoms with E-state index in [4.69, 9.17) is 23.2 Å². The topological polar surface area (TPSA) is 90.8 Å². The van der Waals surface area contributed by atoms with E-state index in [1.54, 1.807) is 42.5 Å². The molecule has 0 saturated heterocycles. The van der Waals surface area contributed by atoms with Gasteiger partial charge in [-0.05, 0) is 54.6 Å². The van der Waals surface area contributed by atoms with Gasteiger partial charge in [-0.25, -0.2) is 5.43 Å². The Hall–Kier alpha value is -3.35. The minimum atomic E-state index is -0.485. The second kappa shape index (κ2) is 9.23. The van der Waals surface area contributed by atoms with Crippen LogP contribution in [0.2, 0.25) is 10.0 Å². The van der Waals surface area contributed by atoms with E-state index in [0.29, 0.717) is 32.4 Å². The molecule has 0 radical (unpaired) electrons. The predicted octanol–water partition coefficient (Wildman–Crippen LogP) is 4.72. The van der Waals surface area contributed by atoms with Gasteiger partial charge in [0, 0.05) is 32.4 Å². The van der Waals surface area contributed by atoms with E-state index in [9.17, 15) is 14.7 Å². The molecule has 0 spiro atoms. The van der Waals surface area contributed by atoms with Gasteiger partial charge < -0.3 is 10.4 Å². The standard InChI is InChI=1S/C21H15Cl2N3O3/c22-16-5-1-3-13(9-16)20(28)25-18-6-2-4-14(11-18)21(29)26-24-12-15-10-17(23)7-8-19(15)27/h1-12,27H,(H,25,28)(H,26,29). The number of amides is 2. The first-order valence-electron chi connectivity index (χ1n) is 8.41. The number of carbonyl (C=O) groups excluding carboxylic acids is 2. The molecule has 3 N–H and O–H groups in total. The number of hydrogen-bond donors (Lipinski definition) is 3. The van der Waals surface area contributed by atoms with E-state index in [0.717, 1.165) is 0 Å². The predicted molar refractivity (Wildman–Crippen MR) is 114 cm³/mol. The molecule has 6 nitrogen and oxygen atoms in total. The van der Waals surface area contributed by atoms with Gasteiger partial charge in [-0.2, -0.15) is 5.10 Å². The number of phenols is 1. The summed E-state index contributed by atoms with van der Waals surface area (Å²) in [5, 5.41) is 17.2. The van der Waals surface area contributed by atoms with E-state index in [2.05, 4.69) is 15.8 Å². The number of anilines is 1. The van der Waals surface area contributed by atoms with Crippen LogP contribution in [0.3, 0.4) is 0 Å². The molecule has 0 aromatic heterocycles. The van der Waals surface area contributed by atoms with Crippen molar-refractivity contribution in [2.45, 2.75) is 0 Å². The molecule has 2 amide bonds. The Bertz CT molecular complexity index is 1100. The zero-order chi connectivity index (χ0) is 20.8. The molecule has 0 bridgehead atoms. The van der Waals surface area contributed by atoms with E-state index in [1.165, 1.54) is 30.5 Å². The lowest BCUT2D eigenvalue weighted by atomic mass is 10.1. The van der Waals surface area contributed by atoms with Gasteiger partial charge in [0.05, 0.1) is 6.21 Å². The van der Waals surface area contributed by atoms with Crippen LogP contribution in [0.15, 0.2) is 71.8 Å². The molecule has 3 aromatic rings. The number of hydrazone groups is 1. The molecule has 146 valence electrons. The first kappa shape index (κ1) is 20.4. The zero-order valence-corrected chi connectivity index (χ0v) is 16.4. The molecule has 0 saturated carbocycles. The molecule has 8 heteroatoms. The average molecular weight is 428 g/mol. The van der Waals surface area contributed by atoms with Crippen LogP contribution in [0, 0.1) is 0 Å². The molecule has 0 fully saturated rings. The van der Waals surface area contributed by atoms with Gasteiger partial charge in [0.25, 0.3) is 11.8 Å². The van der Waals surface area contributed by atoms with Crippen molar-refractivity contribution >= 4 is 46.9 Å². The number of rotatable bonds is 5. The lowest BCUT2D eigenvalue weighted by Crippen LogP contribution is -2.18. The van der Waals surface area contributed by atoms with Crippen LogP contribution in [0.4, 0.5) is 5.69 Å². The largest absolute Gasteiger partial charge is 0.507 e. The monoisotopic (exact) mass is 427 g/mol. The highest BCUT2D eigenvalue weighted by Crippen LogP contribution is 2.19. The van der Waals surface area contributed by atoms with E-state index >= 15 is 0 Å². The van der Waals surface area contributed by atoms with Crippen molar-refractivity contribution in [1.29, 1.82) is 0 Å². The molecule has 0 unspecified atom stereocenters. The number of aromatic hydroxyl groups is 1. The summed E-state index contributed by atoms with van der Waals surface area (Å²) >= 11 is 11.8. The van der Waals surface area contributed by atoms with Gasteiger partial charge in [-0.15, -0.1) is 0 Å². The molecule has 0 aliphatic carbocycles. The van der Waals surface area contributed by atoms with Crippen LogP contribution in [-0.4, -0.2) is 23.1 Å². The minimum Gasteiger partial charge on any atom is -0.507 e. The van der Waals surface area contributed by atoms with Crippen molar-refractivity contribution in [3.63, 3.8) is 0 Å². The van der Waals surface area contributed by atoms with Crippen LogP contribution in [0.25, 0.3) is 0 Å². The van der Waals surface area contributed by atoms with Crippen molar-refractivity contribution in [1.82, 2.24) is 5.43 Å². The molecule has 0 heterocycles. The van der Waals surface area contributed by atoms with Gasteiger partial charge >= 0.3 is 0 Å². The molecular formula is C21H15Cl2N3O3. The van der Waals surface area contributed by atoms with Crippen molar-refractivity contribution < 1.29 is 14.7 Å². The lowest BCUT2D eigenvalue weighted by Gasteiger charge is -2.07. The quantitative estimate of drug-likeness (QED) is 0.406. The number of nitrogens with zero attached hydrogens (tertiary/aromatic N) is 1. The molecule has 29 heavy (non-hydrogen) atoms. The summed E-state index contributed by atoms with van der Waals surface area (Å²) in [6.07, 6.45) is 1.28. The number of carbonyl (C=O) groups is 2. The second-order valence-corrected chi connectivity index (χ2v) is 6.82. The SMILES string of the molecule is O=C(NN=Cc1cc(Cl)ccc1O)c1cccc(NC(=O)c2cccc(Cl)c2)c1. The normalized spacial score (nSPS) is 10.7. The fraction of sp³-hybridized carbons (Fsp3) is 0. The van der Waals surface area contributed by atoms with Gasteiger partial charge in [0.1, 0.15) is 5.75 Å². The number of hydrogen-bond acceptors (Lipinski definition) is 4. The molecular weight excluding hydrogens is 413 g/mol. The Labute approximate surface area is 176 Å². The summed E-state index contributed by atoms with van der Waals surface area (Å²) in [5.74, 6) is -0.848. The summed E-state index contributed by atoms with van der Waals surface area (Å²) in [7, 11) is 0. The summed E-state index contributed by atoms with van der Waals surface area (Å²) in [4.78, 5) is 24.6. The second-order valence-electron chi connectivity index (χ2n) is 5.95. The Kier molecular flexibility index (Phi) is 6.49. The highest BCUT2D eigenvalue weighted by molar-refractivity contribution is 6.31. The number of nitrogens with one attached hydrogen (secondary N) is 2. The van der Waals surface area contributed by atoms with Crippen LogP contribution in [0.1, 0.15) is 26.3 Å². The summed E-state index contributed by atoms with van der Waals surface area (Å²) in [5.41, 5.74) is 3.86. The van der Waals surface area contributed by atoms with Crippen LogP contribution < -0.4 is 10.7 Å². The fourth-order valence-corrected chi connectivity index (χ4v) is 2.80. The van der Waals surface area contributed by atoms with Crippen molar-refractivity contribution in [3.05, 3.63) is 93.5 Å². The highest BCUT2D eigenvalue weighted by atomic mass is 35.5. The lowest BCUT2D eigenvalue weighted by molar-refractivity contribution is 0.0953. The Morgan fingerprint density at radius 1 is 0.862 bits per heavy atom. The third-order valence-electron chi connectivity index (χ3n) is 3.83. The number of phenolic OH excluding ortho intramolecular Hbond substituents is 1. The molecule has 0 atom stereocenters. The van der Waals surface area contributed by atoms with Gasteiger partial charge in [-0.1, -0.05) is 35.3 Å². The van der Waals surface area contributed by atoms with Crippen LogP contribution in [-0.2, 0) is 0 Å². The summed E-state index contributed by atoms with van der Waals surface area (Å²) < 4.78 is 0. The van der Waals surface area contributed by atoms with E-state index < -0.39 is 5.91 Å². The zero-order valence-electron chi connectivity index (χ0n) is 14.9. The number of benzene rings is 3. The maximum absolute atomic E-state index is 12.3. The molecule has 3 aromatic carbocycles. The van der Waals surface area contributed by atoms with Crippen molar-refractivity contribution in [3.8, 4) is 5.75 Å². The third-order valence-corrected chi connectivity index (χ3v) is 4.30. The van der Waals surface area contributed by atoms with E-state index in [-0.39, 0.29) is 11.7 Å². The first-order chi connectivity index (χ1) is 13.9. The molecule has 0 aliphatic rings. The Morgan fingerprint density at radius 2 is 1.55 bits per heavy atom. The molecule has 3 rings (SSSR count). The maximum atomic E-state index is 12.3. The molecule has 0 aliphatic heterocycles. The fourth-order valence-electron chi connectivity index (χ4n) is 2.42. The number of halogens is 2. The van der Waals surface area contributed by atoms with Gasteiger partial charge in [-0.3, -0.25) is 9.59 Å². The average Bonchev–Trinajstić information content (AvgIpc) is 2.70.